The number of nitrogens with zero attached hydrogens (tertiary/aromatic N) is 3. The number of pyridine rings is 1. The number of hydrogen-bond donors (Lipinski definition) is 2. The molecule has 0 bridgehead atoms. The second-order valence-electron chi connectivity index (χ2n) is 8.45. The zero-order chi connectivity index (χ0) is 20.8. The van der Waals surface area contributed by atoms with Crippen LogP contribution >= 0.6 is 0 Å². The third kappa shape index (κ3) is 5.37. The maximum Gasteiger partial charge on any atom is 0.223 e. The van der Waals surface area contributed by atoms with Crippen molar-refractivity contribution in [3.63, 3.8) is 0 Å². The summed E-state index contributed by atoms with van der Waals surface area (Å²) < 4.78 is 0. The molecule has 1 aromatic carbocycles. The van der Waals surface area contributed by atoms with Gasteiger partial charge in [0.15, 0.2) is 0 Å². The van der Waals surface area contributed by atoms with Crippen LogP contribution in [0.15, 0.2) is 48.7 Å². The van der Waals surface area contributed by atoms with Gasteiger partial charge in [-0.25, -0.2) is 4.98 Å². The van der Waals surface area contributed by atoms with Gasteiger partial charge in [0.25, 0.3) is 0 Å². The van der Waals surface area contributed by atoms with Gasteiger partial charge in [0.05, 0.1) is 11.6 Å². The summed E-state index contributed by atoms with van der Waals surface area (Å²) in [5.74, 6) is 1.06. The molecule has 156 valence electrons. The van der Waals surface area contributed by atoms with E-state index in [0.29, 0.717) is 11.6 Å². The van der Waals surface area contributed by atoms with Gasteiger partial charge in [-0.05, 0) is 49.8 Å². The smallest absolute Gasteiger partial charge is 0.223 e. The van der Waals surface area contributed by atoms with Gasteiger partial charge < -0.3 is 10.6 Å². The molecular formula is C24H29N5O. The molecule has 0 spiro atoms. The molecule has 0 unspecified atom stereocenters. The number of carbonyl (C=O) groups excluding carboxylic acids is 1. The van der Waals surface area contributed by atoms with Gasteiger partial charge in [-0.2, -0.15) is 5.26 Å². The fourth-order valence-electron chi connectivity index (χ4n) is 4.54. The Labute approximate surface area is 178 Å². The maximum absolute atomic E-state index is 12.8. The van der Waals surface area contributed by atoms with Gasteiger partial charge >= 0.3 is 0 Å². The van der Waals surface area contributed by atoms with E-state index < -0.39 is 0 Å². The zero-order valence-electron chi connectivity index (χ0n) is 17.3. The summed E-state index contributed by atoms with van der Waals surface area (Å²) in [5, 5.41) is 15.7. The maximum atomic E-state index is 12.8. The topological polar surface area (TPSA) is 81.0 Å². The third-order valence-corrected chi connectivity index (χ3v) is 6.21. The van der Waals surface area contributed by atoms with Crippen molar-refractivity contribution in [2.24, 2.45) is 5.92 Å². The lowest BCUT2D eigenvalue weighted by molar-refractivity contribution is -0.126. The van der Waals surface area contributed by atoms with Gasteiger partial charge in [-0.15, -0.1) is 0 Å². The third-order valence-electron chi connectivity index (χ3n) is 6.21. The van der Waals surface area contributed by atoms with Crippen molar-refractivity contribution in [2.75, 3.05) is 18.4 Å². The molecule has 1 aromatic heterocycles. The van der Waals surface area contributed by atoms with E-state index in [4.69, 9.17) is 5.26 Å². The fourth-order valence-corrected chi connectivity index (χ4v) is 4.54. The molecular weight excluding hydrogens is 374 g/mol. The van der Waals surface area contributed by atoms with Crippen LogP contribution in [-0.4, -0.2) is 41.0 Å². The van der Waals surface area contributed by atoms with Gasteiger partial charge in [0, 0.05) is 43.8 Å². The molecule has 1 aliphatic carbocycles. The number of carbonyl (C=O) groups is 1. The van der Waals surface area contributed by atoms with Crippen LogP contribution in [0.3, 0.4) is 0 Å². The summed E-state index contributed by atoms with van der Waals surface area (Å²) in [7, 11) is 0. The van der Waals surface area contributed by atoms with Gasteiger partial charge in [0.2, 0.25) is 5.91 Å². The average molecular weight is 404 g/mol. The van der Waals surface area contributed by atoms with E-state index >= 15 is 0 Å². The number of nitrogens with one attached hydrogen (secondary N) is 2. The van der Waals surface area contributed by atoms with Crippen LogP contribution in [0, 0.1) is 17.2 Å². The molecule has 1 saturated carbocycles. The summed E-state index contributed by atoms with van der Waals surface area (Å²) in [6.45, 7) is 2.91. The second-order valence-corrected chi connectivity index (χ2v) is 8.45. The Morgan fingerprint density at radius 3 is 2.67 bits per heavy atom. The Kier molecular flexibility index (Phi) is 6.60. The molecule has 1 amide bonds. The molecule has 2 aromatic rings. The van der Waals surface area contributed by atoms with E-state index in [1.807, 2.05) is 6.07 Å². The quantitative estimate of drug-likeness (QED) is 0.773. The Morgan fingerprint density at radius 2 is 1.90 bits per heavy atom. The highest BCUT2D eigenvalue weighted by molar-refractivity contribution is 5.79. The summed E-state index contributed by atoms with van der Waals surface area (Å²) in [6.07, 6.45) is 6.35. The van der Waals surface area contributed by atoms with Crippen LogP contribution in [0.2, 0.25) is 0 Å². The molecule has 6 nitrogen and oxygen atoms in total. The molecule has 1 saturated heterocycles. The molecule has 6 heteroatoms. The lowest BCUT2D eigenvalue weighted by Crippen LogP contribution is -2.42. The van der Waals surface area contributed by atoms with Gasteiger partial charge in [-0.3, -0.25) is 9.69 Å². The van der Waals surface area contributed by atoms with E-state index in [0.717, 1.165) is 57.6 Å². The number of likely N-dealkylation sites (tertiary alicyclic amines) is 1. The van der Waals surface area contributed by atoms with Crippen LogP contribution in [0.1, 0.15) is 43.2 Å². The molecule has 30 heavy (non-hydrogen) atoms. The normalized spacial score (nSPS) is 24.2. The van der Waals surface area contributed by atoms with Crippen molar-refractivity contribution in [3.8, 4) is 6.07 Å². The predicted molar refractivity (Wildman–Crippen MR) is 117 cm³/mol. The Morgan fingerprint density at radius 1 is 1.10 bits per heavy atom. The first-order valence-electron chi connectivity index (χ1n) is 10.9. The first-order chi connectivity index (χ1) is 14.7. The fraction of sp³-hybridized carbons (Fsp3) is 0.458. The van der Waals surface area contributed by atoms with Crippen molar-refractivity contribution < 1.29 is 4.79 Å². The predicted octanol–water partition coefficient (Wildman–Crippen LogP) is 3.31. The minimum Gasteiger partial charge on any atom is -0.367 e. The van der Waals surface area contributed by atoms with Crippen molar-refractivity contribution >= 4 is 11.7 Å². The van der Waals surface area contributed by atoms with Crippen LogP contribution in [-0.2, 0) is 11.3 Å². The Hall–Kier alpha value is -2.91. The van der Waals surface area contributed by atoms with Crippen LogP contribution in [0.4, 0.5) is 5.82 Å². The Balaban J connectivity index is 1.20. The number of rotatable bonds is 6. The van der Waals surface area contributed by atoms with E-state index in [9.17, 15) is 4.79 Å². The molecule has 2 fully saturated rings. The van der Waals surface area contributed by atoms with E-state index in [2.05, 4.69) is 50.9 Å². The number of nitriles is 1. The number of anilines is 1. The van der Waals surface area contributed by atoms with Crippen molar-refractivity contribution in [1.82, 2.24) is 15.2 Å². The van der Waals surface area contributed by atoms with Gasteiger partial charge in [-0.1, -0.05) is 30.3 Å². The van der Waals surface area contributed by atoms with Crippen molar-refractivity contribution in [3.05, 3.63) is 59.8 Å². The first-order valence-corrected chi connectivity index (χ1v) is 10.9. The zero-order valence-corrected chi connectivity index (χ0v) is 17.3. The van der Waals surface area contributed by atoms with Crippen LogP contribution < -0.4 is 10.6 Å². The highest BCUT2D eigenvalue weighted by atomic mass is 16.2. The molecule has 1 atom stereocenters. The standard InChI is InChI=1S/C24H29N5O/c25-15-19-10-12-26-23(14-19)27-21-8-6-20(7-9-21)24(30)28-22-11-13-29(17-22)16-18-4-2-1-3-5-18/h1-5,10,12,14,20-22H,6-9,11,13,16-17H2,(H,26,27)(H,28,30)/t20?,21?,22-/m0/s1. The Bertz CT molecular complexity index is 886. The van der Waals surface area contributed by atoms with E-state index in [1.165, 1.54) is 5.56 Å². The van der Waals surface area contributed by atoms with E-state index in [1.54, 1.807) is 18.3 Å². The van der Waals surface area contributed by atoms with Crippen molar-refractivity contribution in [2.45, 2.75) is 50.7 Å². The van der Waals surface area contributed by atoms with Crippen LogP contribution in [0.5, 0.6) is 0 Å². The molecule has 2 aliphatic rings. The number of amides is 1. The average Bonchev–Trinajstić information content (AvgIpc) is 3.21. The first kappa shape index (κ1) is 20.4. The number of hydrogen-bond acceptors (Lipinski definition) is 5. The van der Waals surface area contributed by atoms with Crippen LogP contribution in [0.25, 0.3) is 0 Å². The lowest BCUT2D eigenvalue weighted by Gasteiger charge is -2.29. The summed E-state index contributed by atoms with van der Waals surface area (Å²) in [5.41, 5.74) is 1.93. The minimum atomic E-state index is 0.102. The van der Waals surface area contributed by atoms with Gasteiger partial charge in [0.1, 0.15) is 5.82 Å². The van der Waals surface area contributed by atoms with Crippen molar-refractivity contribution in [1.29, 1.82) is 5.26 Å². The monoisotopic (exact) mass is 403 g/mol. The highest BCUT2D eigenvalue weighted by Gasteiger charge is 2.30. The molecule has 2 heterocycles. The number of benzene rings is 1. The SMILES string of the molecule is N#Cc1ccnc(NC2CCC(C(=O)N[C@H]3CCN(Cc4ccccc4)C3)CC2)c1. The molecule has 2 N–H and O–H groups in total. The largest absolute Gasteiger partial charge is 0.367 e. The summed E-state index contributed by atoms with van der Waals surface area (Å²) in [4.78, 5) is 19.5. The van der Waals surface area contributed by atoms with E-state index in [-0.39, 0.29) is 17.9 Å². The molecule has 0 radical (unpaired) electrons. The number of aromatic nitrogens is 1. The molecule has 4 rings (SSSR count). The minimum absolute atomic E-state index is 0.102. The highest BCUT2D eigenvalue weighted by Crippen LogP contribution is 2.27. The molecule has 1 aliphatic heterocycles. The summed E-state index contributed by atoms with van der Waals surface area (Å²) in [6, 6.07) is 16.7. The lowest BCUT2D eigenvalue weighted by atomic mass is 9.85. The summed E-state index contributed by atoms with van der Waals surface area (Å²) >= 11 is 0. The second kappa shape index (κ2) is 9.73.